The molecule has 0 fully saturated rings. The molecule has 4 nitrogen and oxygen atoms in total. The topological polar surface area (TPSA) is 59.1 Å². The molecule has 1 aromatic carbocycles. The van der Waals surface area contributed by atoms with Gasteiger partial charge in [-0.05, 0) is 44.2 Å². The molecule has 0 radical (unpaired) electrons. The molecule has 1 aliphatic rings. The van der Waals surface area contributed by atoms with Crippen LogP contribution in [0.25, 0.3) is 0 Å². The van der Waals surface area contributed by atoms with Crippen molar-refractivity contribution in [3.63, 3.8) is 0 Å². The van der Waals surface area contributed by atoms with E-state index in [0.717, 1.165) is 25.0 Å². The van der Waals surface area contributed by atoms with E-state index in [-0.39, 0.29) is 11.7 Å². The molecule has 1 amide bonds. The van der Waals surface area contributed by atoms with Crippen molar-refractivity contribution in [2.75, 3.05) is 5.32 Å². The first kappa shape index (κ1) is 14.9. The molecule has 0 unspecified atom stereocenters. The Labute approximate surface area is 133 Å². The molecule has 0 saturated carbocycles. The minimum Gasteiger partial charge on any atom is -0.298 e. The molecule has 1 heterocycles. The SMILES string of the molecule is CC(=O)c1ccc(C(=O)Nc2nc3c(s2)C[C@@H](C)CC3)cc1. The summed E-state index contributed by atoms with van der Waals surface area (Å²) in [6.07, 6.45) is 3.21. The minimum absolute atomic E-state index is 0.00585. The number of hydrogen-bond acceptors (Lipinski definition) is 4. The Balaban J connectivity index is 1.73. The van der Waals surface area contributed by atoms with E-state index in [1.54, 1.807) is 35.6 Å². The van der Waals surface area contributed by atoms with Crippen LogP contribution in [0, 0.1) is 5.92 Å². The van der Waals surface area contributed by atoms with Gasteiger partial charge in [-0.1, -0.05) is 19.1 Å². The number of ketones is 1. The monoisotopic (exact) mass is 314 g/mol. The average Bonchev–Trinajstić information content (AvgIpc) is 2.88. The van der Waals surface area contributed by atoms with Crippen LogP contribution in [0.1, 0.15) is 51.6 Å². The number of nitrogens with zero attached hydrogens (tertiary/aromatic N) is 1. The van der Waals surface area contributed by atoms with Gasteiger partial charge in [-0.3, -0.25) is 14.9 Å². The van der Waals surface area contributed by atoms with E-state index in [1.807, 2.05) is 0 Å². The number of hydrogen-bond donors (Lipinski definition) is 1. The second-order valence-corrected chi connectivity index (χ2v) is 6.91. The summed E-state index contributed by atoms with van der Waals surface area (Å²) in [5, 5.41) is 3.53. The van der Waals surface area contributed by atoms with Crippen molar-refractivity contribution in [3.8, 4) is 0 Å². The van der Waals surface area contributed by atoms with Crippen LogP contribution in [0.4, 0.5) is 5.13 Å². The van der Waals surface area contributed by atoms with Crippen molar-refractivity contribution >= 4 is 28.2 Å². The molecule has 2 aromatic rings. The number of aryl methyl sites for hydroxylation is 1. The molecular formula is C17H18N2O2S. The number of thiazole rings is 1. The van der Waals surface area contributed by atoms with Crippen molar-refractivity contribution in [2.45, 2.75) is 33.1 Å². The van der Waals surface area contributed by atoms with Crippen LogP contribution in [-0.2, 0) is 12.8 Å². The zero-order valence-electron chi connectivity index (χ0n) is 12.7. The highest BCUT2D eigenvalue weighted by Gasteiger charge is 2.20. The summed E-state index contributed by atoms with van der Waals surface area (Å²) in [7, 11) is 0. The fourth-order valence-corrected chi connectivity index (χ4v) is 3.79. The Bertz CT molecular complexity index is 719. The lowest BCUT2D eigenvalue weighted by Crippen LogP contribution is -2.12. The van der Waals surface area contributed by atoms with Gasteiger partial charge in [0.25, 0.3) is 5.91 Å². The third-order valence-electron chi connectivity index (χ3n) is 3.96. The first-order chi connectivity index (χ1) is 10.5. The largest absolute Gasteiger partial charge is 0.298 e. The molecule has 1 N–H and O–H groups in total. The van der Waals surface area contributed by atoms with E-state index in [0.29, 0.717) is 22.2 Å². The van der Waals surface area contributed by atoms with Crippen molar-refractivity contribution in [2.24, 2.45) is 5.92 Å². The number of nitrogens with one attached hydrogen (secondary N) is 1. The highest BCUT2D eigenvalue weighted by atomic mass is 32.1. The van der Waals surface area contributed by atoms with E-state index in [2.05, 4.69) is 17.2 Å². The van der Waals surface area contributed by atoms with Crippen LogP contribution in [-0.4, -0.2) is 16.7 Å². The van der Waals surface area contributed by atoms with E-state index in [9.17, 15) is 9.59 Å². The lowest BCUT2D eigenvalue weighted by atomic mass is 9.93. The number of anilines is 1. The zero-order chi connectivity index (χ0) is 15.7. The molecule has 0 spiro atoms. The fourth-order valence-electron chi connectivity index (χ4n) is 2.62. The maximum Gasteiger partial charge on any atom is 0.257 e. The third kappa shape index (κ3) is 3.09. The molecule has 0 saturated heterocycles. The van der Waals surface area contributed by atoms with Gasteiger partial charge >= 0.3 is 0 Å². The second kappa shape index (κ2) is 6.01. The summed E-state index contributed by atoms with van der Waals surface area (Å²) in [6, 6.07) is 6.68. The number of aromatic nitrogens is 1. The molecule has 1 atom stereocenters. The number of Topliss-reactive ketones (excluding diaryl/α,β-unsaturated/α-hetero) is 1. The first-order valence-electron chi connectivity index (χ1n) is 7.44. The smallest absolute Gasteiger partial charge is 0.257 e. The molecule has 3 rings (SSSR count). The minimum atomic E-state index is -0.186. The summed E-state index contributed by atoms with van der Waals surface area (Å²) in [6.45, 7) is 3.76. The molecule has 114 valence electrons. The predicted octanol–water partition coefficient (Wildman–Crippen LogP) is 3.72. The van der Waals surface area contributed by atoms with Crippen LogP contribution < -0.4 is 5.32 Å². The Morgan fingerprint density at radius 2 is 1.91 bits per heavy atom. The zero-order valence-corrected chi connectivity index (χ0v) is 13.5. The van der Waals surface area contributed by atoms with Crippen molar-refractivity contribution in [1.82, 2.24) is 4.98 Å². The number of carbonyl (C=O) groups excluding carboxylic acids is 2. The summed E-state index contributed by atoms with van der Waals surface area (Å²) in [5.74, 6) is 0.499. The highest BCUT2D eigenvalue weighted by Crippen LogP contribution is 2.32. The van der Waals surface area contributed by atoms with E-state index >= 15 is 0 Å². The van der Waals surface area contributed by atoms with Gasteiger partial charge in [-0.15, -0.1) is 11.3 Å². The Hall–Kier alpha value is -2.01. The van der Waals surface area contributed by atoms with E-state index in [4.69, 9.17) is 0 Å². The van der Waals surface area contributed by atoms with E-state index in [1.165, 1.54) is 11.8 Å². The number of amides is 1. The van der Waals surface area contributed by atoms with Gasteiger partial charge in [0.15, 0.2) is 10.9 Å². The molecule has 0 aliphatic heterocycles. The number of benzene rings is 1. The number of carbonyl (C=O) groups is 2. The molecule has 1 aliphatic carbocycles. The van der Waals surface area contributed by atoms with Gasteiger partial charge in [0.1, 0.15) is 0 Å². The van der Waals surface area contributed by atoms with Crippen LogP contribution >= 0.6 is 11.3 Å². The van der Waals surface area contributed by atoms with Crippen LogP contribution in [0.5, 0.6) is 0 Å². The standard InChI is InChI=1S/C17H18N2O2S/c1-10-3-8-14-15(9-10)22-17(18-14)19-16(21)13-6-4-12(5-7-13)11(2)20/h4-7,10H,3,8-9H2,1-2H3,(H,18,19,21)/t10-/m0/s1. The van der Waals surface area contributed by atoms with Gasteiger partial charge in [-0.2, -0.15) is 0 Å². The summed E-state index contributed by atoms with van der Waals surface area (Å²) in [5.41, 5.74) is 2.27. The quantitative estimate of drug-likeness (QED) is 0.878. The highest BCUT2D eigenvalue weighted by molar-refractivity contribution is 7.15. The first-order valence-corrected chi connectivity index (χ1v) is 8.25. The maximum atomic E-state index is 12.2. The summed E-state index contributed by atoms with van der Waals surface area (Å²) < 4.78 is 0. The molecule has 0 bridgehead atoms. The predicted molar refractivity (Wildman–Crippen MR) is 87.7 cm³/mol. The number of rotatable bonds is 3. The Morgan fingerprint density at radius 3 is 2.59 bits per heavy atom. The number of fused-ring (bicyclic) bond motifs is 1. The maximum absolute atomic E-state index is 12.2. The average molecular weight is 314 g/mol. The van der Waals surface area contributed by atoms with Crippen molar-refractivity contribution in [3.05, 3.63) is 46.0 Å². The van der Waals surface area contributed by atoms with Crippen molar-refractivity contribution in [1.29, 1.82) is 0 Å². The molecule has 22 heavy (non-hydrogen) atoms. The van der Waals surface area contributed by atoms with Gasteiger partial charge in [-0.25, -0.2) is 4.98 Å². The van der Waals surface area contributed by atoms with Crippen LogP contribution in [0.3, 0.4) is 0 Å². The fraction of sp³-hybridized carbons (Fsp3) is 0.353. The molecular weight excluding hydrogens is 296 g/mol. The molecule has 1 aromatic heterocycles. The van der Waals surface area contributed by atoms with Gasteiger partial charge < -0.3 is 0 Å². The van der Waals surface area contributed by atoms with Gasteiger partial charge in [0.05, 0.1) is 5.69 Å². The van der Waals surface area contributed by atoms with E-state index < -0.39 is 0 Å². The summed E-state index contributed by atoms with van der Waals surface area (Å²) >= 11 is 1.57. The van der Waals surface area contributed by atoms with Crippen molar-refractivity contribution < 1.29 is 9.59 Å². The van der Waals surface area contributed by atoms with Gasteiger partial charge in [0.2, 0.25) is 0 Å². The summed E-state index contributed by atoms with van der Waals surface area (Å²) in [4.78, 5) is 29.3. The third-order valence-corrected chi connectivity index (χ3v) is 5.00. The lowest BCUT2D eigenvalue weighted by Gasteiger charge is -2.15. The molecule has 5 heteroatoms. The Morgan fingerprint density at radius 1 is 1.23 bits per heavy atom. The van der Waals surface area contributed by atoms with Crippen LogP contribution in [0.15, 0.2) is 24.3 Å². The van der Waals surface area contributed by atoms with Crippen LogP contribution in [0.2, 0.25) is 0 Å². The second-order valence-electron chi connectivity index (χ2n) is 5.82. The normalized spacial score (nSPS) is 16.9. The Kier molecular flexibility index (Phi) is 4.07. The lowest BCUT2D eigenvalue weighted by molar-refractivity contribution is 0.100. The van der Waals surface area contributed by atoms with Gasteiger partial charge in [0, 0.05) is 16.0 Å².